The number of ether oxygens (including phenoxy) is 3. The van der Waals surface area contributed by atoms with Gasteiger partial charge in [0, 0.05) is 5.56 Å². The zero-order valence-corrected chi connectivity index (χ0v) is 7.66. The topological polar surface area (TPSA) is 53.7 Å². The molecule has 1 aromatic carbocycles. The van der Waals surface area contributed by atoms with E-state index in [1.165, 1.54) is 0 Å². The van der Waals surface area contributed by atoms with Crippen molar-refractivity contribution in [1.29, 1.82) is 0 Å². The maximum atomic E-state index is 5.86. The number of fused-ring (bicyclic) bond motifs is 3. The largest absolute Gasteiger partial charge is 0.487 e. The van der Waals surface area contributed by atoms with Crippen molar-refractivity contribution in [1.82, 2.24) is 0 Å². The van der Waals surface area contributed by atoms with Gasteiger partial charge in [-0.1, -0.05) is 0 Å². The molecule has 0 saturated heterocycles. The molecule has 4 heteroatoms. The lowest BCUT2D eigenvalue weighted by atomic mass is 10.1. The van der Waals surface area contributed by atoms with Gasteiger partial charge in [-0.25, -0.2) is 0 Å². The van der Waals surface area contributed by atoms with Crippen molar-refractivity contribution in [2.45, 2.75) is 6.04 Å². The number of benzene rings is 1. The summed E-state index contributed by atoms with van der Waals surface area (Å²) in [7, 11) is 0. The molecule has 0 aliphatic carbocycles. The van der Waals surface area contributed by atoms with Crippen LogP contribution < -0.4 is 19.9 Å². The molecule has 2 heterocycles. The minimum absolute atomic E-state index is 0.0409. The molecule has 1 aromatic rings. The van der Waals surface area contributed by atoms with Crippen molar-refractivity contribution < 1.29 is 14.2 Å². The number of hydrogen-bond acceptors (Lipinski definition) is 4. The summed E-state index contributed by atoms with van der Waals surface area (Å²) in [6.45, 7) is 1.69. The molecule has 4 nitrogen and oxygen atoms in total. The van der Waals surface area contributed by atoms with Gasteiger partial charge in [0.1, 0.15) is 19.8 Å². The van der Waals surface area contributed by atoms with Crippen LogP contribution in [0.15, 0.2) is 12.1 Å². The minimum atomic E-state index is -0.0409. The average Bonchev–Trinajstić information content (AvgIpc) is 2.61. The molecule has 2 N–H and O–H groups in total. The second-order valence-electron chi connectivity index (χ2n) is 3.43. The summed E-state index contributed by atoms with van der Waals surface area (Å²) in [5.41, 5.74) is 6.87. The first-order valence-electron chi connectivity index (χ1n) is 4.67. The Labute approximate surface area is 81.6 Å². The van der Waals surface area contributed by atoms with Gasteiger partial charge >= 0.3 is 0 Å². The van der Waals surface area contributed by atoms with Crippen molar-refractivity contribution in [2.75, 3.05) is 19.8 Å². The highest BCUT2D eigenvalue weighted by molar-refractivity contribution is 5.58. The Morgan fingerprint density at radius 1 is 1.07 bits per heavy atom. The van der Waals surface area contributed by atoms with Gasteiger partial charge in [0.25, 0.3) is 0 Å². The van der Waals surface area contributed by atoms with Crippen LogP contribution in [0.1, 0.15) is 11.6 Å². The maximum Gasteiger partial charge on any atom is 0.204 e. The van der Waals surface area contributed by atoms with Crippen LogP contribution in [0.4, 0.5) is 0 Å². The quantitative estimate of drug-likeness (QED) is 0.663. The van der Waals surface area contributed by atoms with Gasteiger partial charge in [0.05, 0.1) is 6.04 Å². The average molecular weight is 193 g/mol. The maximum absolute atomic E-state index is 5.86. The van der Waals surface area contributed by atoms with E-state index < -0.39 is 0 Å². The Balaban J connectivity index is 2.15. The fourth-order valence-corrected chi connectivity index (χ4v) is 1.81. The molecule has 0 radical (unpaired) electrons. The smallest absolute Gasteiger partial charge is 0.204 e. The Morgan fingerprint density at radius 2 is 1.93 bits per heavy atom. The standard InChI is InChI=1S/C10H11NO3/c11-7-5-14-9-6(7)1-2-8-10(9)13-4-3-12-8/h1-2,7H,3-5,11H2/t7-/m1/s1. The third-order valence-corrected chi connectivity index (χ3v) is 2.50. The summed E-state index contributed by atoms with van der Waals surface area (Å²) < 4.78 is 16.4. The fourth-order valence-electron chi connectivity index (χ4n) is 1.81. The van der Waals surface area contributed by atoms with E-state index in [1.54, 1.807) is 0 Å². The third-order valence-electron chi connectivity index (χ3n) is 2.50. The van der Waals surface area contributed by atoms with E-state index in [0.717, 1.165) is 17.1 Å². The second kappa shape index (κ2) is 2.78. The normalized spacial score (nSPS) is 22.8. The molecule has 74 valence electrons. The molecule has 1 atom stereocenters. The van der Waals surface area contributed by atoms with E-state index in [9.17, 15) is 0 Å². The van der Waals surface area contributed by atoms with Crippen LogP contribution in [0.3, 0.4) is 0 Å². The molecule has 0 aromatic heterocycles. The van der Waals surface area contributed by atoms with Crippen molar-refractivity contribution in [3.05, 3.63) is 17.7 Å². The molecule has 3 rings (SSSR count). The van der Waals surface area contributed by atoms with Crippen LogP contribution >= 0.6 is 0 Å². The molecular formula is C10H11NO3. The van der Waals surface area contributed by atoms with Gasteiger partial charge < -0.3 is 19.9 Å². The Hall–Kier alpha value is -1.42. The highest BCUT2D eigenvalue weighted by Gasteiger charge is 2.28. The van der Waals surface area contributed by atoms with E-state index >= 15 is 0 Å². The summed E-state index contributed by atoms with van der Waals surface area (Å²) in [4.78, 5) is 0. The van der Waals surface area contributed by atoms with Crippen LogP contribution in [0.5, 0.6) is 17.2 Å². The van der Waals surface area contributed by atoms with Gasteiger partial charge in [0.2, 0.25) is 5.75 Å². The van der Waals surface area contributed by atoms with Crippen molar-refractivity contribution in [3.63, 3.8) is 0 Å². The second-order valence-corrected chi connectivity index (χ2v) is 3.43. The van der Waals surface area contributed by atoms with Crippen molar-refractivity contribution in [2.24, 2.45) is 5.73 Å². The van der Waals surface area contributed by atoms with E-state index in [4.69, 9.17) is 19.9 Å². The Bertz CT molecular complexity index is 378. The van der Waals surface area contributed by atoms with Gasteiger partial charge in [-0.2, -0.15) is 0 Å². The first-order valence-corrected chi connectivity index (χ1v) is 4.67. The molecule has 0 spiro atoms. The van der Waals surface area contributed by atoms with Crippen LogP contribution in [0.2, 0.25) is 0 Å². The SMILES string of the molecule is N[C@@H]1COc2c1ccc1c2OCCO1. The number of nitrogens with two attached hydrogens (primary N) is 1. The lowest BCUT2D eigenvalue weighted by Gasteiger charge is -2.20. The molecule has 0 unspecified atom stereocenters. The van der Waals surface area contributed by atoms with Crippen LogP contribution in [0, 0.1) is 0 Å². The zero-order chi connectivity index (χ0) is 9.54. The molecule has 0 saturated carbocycles. The van der Waals surface area contributed by atoms with Crippen molar-refractivity contribution in [3.8, 4) is 17.2 Å². The zero-order valence-electron chi connectivity index (χ0n) is 7.66. The van der Waals surface area contributed by atoms with E-state index in [0.29, 0.717) is 25.6 Å². The summed E-state index contributed by atoms with van der Waals surface area (Å²) in [6.07, 6.45) is 0. The summed E-state index contributed by atoms with van der Waals surface area (Å²) in [6, 6.07) is 3.79. The first-order chi connectivity index (χ1) is 6.86. The summed E-state index contributed by atoms with van der Waals surface area (Å²) in [5, 5.41) is 0. The minimum Gasteiger partial charge on any atom is -0.487 e. The monoisotopic (exact) mass is 193 g/mol. The third kappa shape index (κ3) is 0.974. The Kier molecular flexibility index (Phi) is 1.58. The predicted octanol–water partition coefficient (Wildman–Crippen LogP) is 0.850. The predicted molar refractivity (Wildman–Crippen MR) is 49.9 cm³/mol. The summed E-state index contributed by atoms with van der Waals surface area (Å²) >= 11 is 0. The molecule has 14 heavy (non-hydrogen) atoms. The summed E-state index contributed by atoms with van der Waals surface area (Å²) in [5.74, 6) is 2.22. The molecule has 0 fully saturated rings. The molecule has 0 amide bonds. The van der Waals surface area contributed by atoms with E-state index in [1.807, 2.05) is 12.1 Å². The Morgan fingerprint density at radius 3 is 2.86 bits per heavy atom. The van der Waals surface area contributed by atoms with E-state index in [-0.39, 0.29) is 6.04 Å². The fraction of sp³-hybridized carbons (Fsp3) is 0.400. The van der Waals surface area contributed by atoms with Crippen LogP contribution in [-0.2, 0) is 0 Å². The lowest BCUT2D eigenvalue weighted by Crippen LogP contribution is -2.15. The molecular weight excluding hydrogens is 182 g/mol. The first kappa shape index (κ1) is 7.94. The van der Waals surface area contributed by atoms with Gasteiger partial charge in [-0.3, -0.25) is 0 Å². The highest BCUT2D eigenvalue weighted by Crippen LogP contribution is 2.46. The van der Waals surface area contributed by atoms with Crippen LogP contribution in [-0.4, -0.2) is 19.8 Å². The van der Waals surface area contributed by atoms with Gasteiger partial charge in [-0.15, -0.1) is 0 Å². The molecule has 0 bridgehead atoms. The van der Waals surface area contributed by atoms with Gasteiger partial charge in [0.15, 0.2) is 11.5 Å². The van der Waals surface area contributed by atoms with Crippen LogP contribution in [0.25, 0.3) is 0 Å². The number of rotatable bonds is 0. The lowest BCUT2D eigenvalue weighted by molar-refractivity contribution is 0.164. The van der Waals surface area contributed by atoms with E-state index in [2.05, 4.69) is 0 Å². The highest BCUT2D eigenvalue weighted by atomic mass is 16.6. The van der Waals surface area contributed by atoms with Crippen molar-refractivity contribution >= 4 is 0 Å². The molecule has 2 aliphatic heterocycles. The molecule has 2 aliphatic rings. The number of hydrogen-bond donors (Lipinski definition) is 1. The van der Waals surface area contributed by atoms with Gasteiger partial charge in [-0.05, 0) is 12.1 Å².